The standard InChI is InChI=1S/C19H27N5O4/c25-8-12-17(27)18(28)15(23-12)11-7-20-16-14(11)21-9-22-19(16)24-13(26)6-10-4-2-1-3-5-10/h7,9-10,12,15,17-18,20,23,25,27-28H,1-6,8H2,(H,21,22,24,26)/t12-,15+,17-,18+/m1/s1. The van der Waals surface area contributed by atoms with Crippen LogP contribution < -0.4 is 10.6 Å². The minimum absolute atomic E-state index is 0.0576. The van der Waals surface area contributed by atoms with Gasteiger partial charge in [-0.1, -0.05) is 19.3 Å². The predicted molar refractivity (Wildman–Crippen MR) is 102 cm³/mol. The first-order valence-electron chi connectivity index (χ1n) is 9.93. The highest BCUT2D eigenvalue weighted by atomic mass is 16.3. The first-order valence-corrected chi connectivity index (χ1v) is 9.93. The number of H-pyrrole nitrogens is 1. The molecule has 2 fully saturated rings. The second-order valence-electron chi connectivity index (χ2n) is 7.86. The lowest BCUT2D eigenvalue weighted by molar-refractivity contribution is -0.117. The Hall–Kier alpha value is -2.07. The van der Waals surface area contributed by atoms with Crippen molar-refractivity contribution in [2.75, 3.05) is 11.9 Å². The van der Waals surface area contributed by atoms with Crippen molar-refractivity contribution in [1.82, 2.24) is 20.3 Å². The lowest BCUT2D eigenvalue weighted by Gasteiger charge is -2.20. The summed E-state index contributed by atoms with van der Waals surface area (Å²) in [5.41, 5.74) is 1.79. The highest BCUT2D eigenvalue weighted by Crippen LogP contribution is 2.33. The van der Waals surface area contributed by atoms with Crippen LogP contribution in [0, 0.1) is 5.92 Å². The van der Waals surface area contributed by atoms with E-state index in [2.05, 4.69) is 25.6 Å². The Bertz CT molecular complexity index is 835. The van der Waals surface area contributed by atoms with E-state index in [-0.39, 0.29) is 12.5 Å². The number of aliphatic hydroxyl groups is 3. The summed E-state index contributed by atoms with van der Waals surface area (Å²) in [6.45, 7) is -0.283. The maximum absolute atomic E-state index is 12.5. The van der Waals surface area contributed by atoms with Crippen LogP contribution >= 0.6 is 0 Å². The Kier molecular flexibility index (Phi) is 5.58. The van der Waals surface area contributed by atoms with E-state index >= 15 is 0 Å². The number of rotatable bonds is 5. The quantitative estimate of drug-likeness (QED) is 0.439. The molecule has 1 aliphatic carbocycles. The van der Waals surface area contributed by atoms with E-state index in [4.69, 9.17) is 0 Å². The number of aliphatic hydroxyl groups excluding tert-OH is 3. The predicted octanol–water partition coefficient (Wildman–Crippen LogP) is 0.594. The van der Waals surface area contributed by atoms with Crippen LogP contribution in [0.5, 0.6) is 0 Å². The van der Waals surface area contributed by atoms with Crippen LogP contribution in [0.3, 0.4) is 0 Å². The molecular formula is C19H27N5O4. The Morgan fingerprint density at radius 2 is 1.96 bits per heavy atom. The molecule has 2 aromatic heterocycles. The zero-order valence-corrected chi connectivity index (χ0v) is 15.6. The molecule has 3 heterocycles. The molecular weight excluding hydrogens is 362 g/mol. The van der Waals surface area contributed by atoms with Gasteiger partial charge in [-0.25, -0.2) is 9.97 Å². The minimum atomic E-state index is -1.07. The molecule has 1 saturated heterocycles. The summed E-state index contributed by atoms with van der Waals surface area (Å²) in [7, 11) is 0. The Morgan fingerprint density at radius 3 is 2.68 bits per heavy atom. The fourth-order valence-corrected chi connectivity index (χ4v) is 4.43. The van der Waals surface area contributed by atoms with Crippen molar-refractivity contribution in [2.45, 2.75) is 62.8 Å². The highest BCUT2D eigenvalue weighted by Gasteiger charge is 2.42. The number of hydrogen-bond donors (Lipinski definition) is 6. The SMILES string of the molecule is O=C(CC1CCCCC1)Nc1ncnc2c([C@@H]3N[C@H](CO)[C@@H](O)[C@H]3O)c[nH]c12. The van der Waals surface area contributed by atoms with Gasteiger partial charge in [-0.2, -0.15) is 0 Å². The maximum atomic E-state index is 12.5. The van der Waals surface area contributed by atoms with Crippen LogP contribution in [0.4, 0.5) is 5.82 Å². The molecule has 2 aliphatic rings. The number of aromatic nitrogens is 3. The lowest BCUT2D eigenvalue weighted by Crippen LogP contribution is -2.35. The van der Waals surface area contributed by atoms with Crippen molar-refractivity contribution in [1.29, 1.82) is 0 Å². The molecule has 4 rings (SSSR count). The molecule has 4 atom stereocenters. The molecule has 1 amide bonds. The number of fused-ring (bicyclic) bond motifs is 1. The number of anilines is 1. The van der Waals surface area contributed by atoms with Gasteiger partial charge in [-0.3, -0.25) is 4.79 Å². The van der Waals surface area contributed by atoms with Gasteiger partial charge in [0.1, 0.15) is 17.9 Å². The second-order valence-corrected chi connectivity index (χ2v) is 7.86. The monoisotopic (exact) mass is 389 g/mol. The van der Waals surface area contributed by atoms with E-state index in [9.17, 15) is 20.1 Å². The minimum Gasteiger partial charge on any atom is -0.395 e. The number of amides is 1. The third-order valence-corrected chi connectivity index (χ3v) is 5.98. The van der Waals surface area contributed by atoms with Gasteiger partial charge in [0.15, 0.2) is 5.82 Å². The zero-order chi connectivity index (χ0) is 19.7. The molecule has 0 spiro atoms. The second kappa shape index (κ2) is 8.12. The van der Waals surface area contributed by atoms with Crippen LogP contribution in [0.25, 0.3) is 11.0 Å². The van der Waals surface area contributed by atoms with E-state index in [1.165, 1.54) is 25.6 Å². The fourth-order valence-electron chi connectivity index (χ4n) is 4.43. The molecule has 0 aromatic carbocycles. The van der Waals surface area contributed by atoms with Gasteiger partial charge in [0.25, 0.3) is 0 Å². The van der Waals surface area contributed by atoms with Gasteiger partial charge in [0.2, 0.25) is 5.91 Å². The van der Waals surface area contributed by atoms with E-state index in [0.29, 0.717) is 34.8 Å². The van der Waals surface area contributed by atoms with Crippen molar-refractivity contribution in [2.24, 2.45) is 5.92 Å². The van der Waals surface area contributed by atoms with Crippen molar-refractivity contribution >= 4 is 22.8 Å². The number of hydrogen-bond acceptors (Lipinski definition) is 7. The summed E-state index contributed by atoms with van der Waals surface area (Å²) in [6, 6.07) is -1.19. The topological polar surface area (TPSA) is 143 Å². The van der Waals surface area contributed by atoms with Crippen molar-refractivity contribution < 1.29 is 20.1 Å². The van der Waals surface area contributed by atoms with Gasteiger partial charge >= 0.3 is 0 Å². The van der Waals surface area contributed by atoms with Crippen molar-refractivity contribution in [3.05, 3.63) is 18.1 Å². The van der Waals surface area contributed by atoms with Crippen molar-refractivity contribution in [3.63, 3.8) is 0 Å². The smallest absolute Gasteiger partial charge is 0.225 e. The van der Waals surface area contributed by atoms with Gasteiger partial charge in [-0.05, 0) is 18.8 Å². The fraction of sp³-hybridized carbons (Fsp3) is 0.632. The Morgan fingerprint density at radius 1 is 1.18 bits per heavy atom. The largest absolute Gasteiger partial charge is 0.395 e. The summed E-state index contributed by atoms with van der Waals surface area (Å²) in [6.07, 6.45) is 7.22. The molecule has 1 saturated carbocycles. The van der Waals surface area contributed by atoms with E-state index < -0.39 is 24.3 Å². The molecule has 28 heavy (non-hydrogen) atoms. The van der Waals surface area contributed by atoms with E-state index in [1.807, 2.05) is 0 Å². The first kappa shape index (κ1) is 19.3. The van der Waals surface area contributed by atoms with Gasteiger partial charge < -0.3 is 30.9 Å². The summed E-state index contributed by atoms with van der Waals surface area (Å²) in [5, 5.41) is 35.7. The number of aromatic amines is 1. The van der Waals surface area contributed by atoms with Crippen LogP contribution in [-0.4, -0.2) is 61.0 Å². The molecule has 2 aromatic rings. The van der Waals surface area contributed by atoms with Crippen molar-refractivity contribution in [3.8, 4) is 0 Å². The molecule has 152 valence electrons. The summed E-state index contributed by atoms with van der Waals surface area (Å²) < 4.78 is 0. The zero-order valence-electron chi connectivity index (χ0n) is 15.6. The molecule has 0 unspecified atom stereocenters. The lowest BCUT2D eigenvalue weighted by atomic mass is 9.87. The third-order valence-electron chi connectivity index (χ3n) is 5.98. The number of nitrogens with one attached hydrogen (secondary N) is 3. The summed E-state index contributed by atoms with van der Waals surface area (Å²) in [4.78, 5) is 24.0. The highest BCUT2D eigenvalue weighted by molar-refractivity contribution is 5.98. The number of carbonyl (C=O) groups is 1. The summed E-state index contributed by atoms with van der Waals surface area (Å²) in [5.74, 6) is 0.779. The van der Waals surface area contributed by atoms with Crippen LogP contribution in [0.1, 0.15) is 50.1 Å². The average molecular weight is 389 g/mol. The van der Waals surface area contributed by atoms with E-state index in [0.717, 1.165) is 12.8 Å². The molecule has 0 bridgehead atoms. The van der Waals surface area contributed by atoms with Gasteiger partial charge in [0.05, 0.1) is 30.3 Å². The number of carbonyl (C=O) groups excluding carboxylic acids is 1. The molecule has 1 aliphatic heterocycles. The van der Waals surface area contributed by atoms with Gasteiger partial charge in [-0.15, -0.1) is 0 Å². The van der Waals surface area contributed by atoms with E-state index in [1.54, 1.807) is 6.20 Å². The summed E-state index contributed by atoms with van der Waals surface area (Å²) >= 11 is 0. The molecule has 6 N–H and O–H groups in total. The normalized spacial score (nSPS) is 28.7. The molecule has 9 heteroatoms. The van der Waals surface area contributed by atoms with Gasteiger partial charge in [0, 0.05) is 18.2 Å². The van der Waals surface area contributed by atoms with Crippen LogP contribution in [0.15, 0.2) is 12.5 Å². The Balaban J connectivity index is 1.53. The third kappa shape index (κ3) is 3.62. The Labute approximate surface area is 162 Å². The molecule has 0 radical (unpaired) electrons. The first-order chi connectivity index (χ1) is 13.6. The van der Waals surface area contributed by atoms with Crippen LogP contribution in [0.2, 0.25) is 0 Å². The molecule has 9 nitrogen and oxygen atoms in total. The maximum Gasteiger partial charge on any atom is 0.225 e. The number of nitrogens with zero attached hydrogens (tertiary/aromatic N) is 2. The average Bonchev–Trinajstić information content (AvgIpc) is 3.25. The van der Waals surface area contributed by atoms with Crippen LogP contribution in [-0.2, 0) is 4.79 Å².